The van der Waals surface area contributed by atoms with Crippen LogP contribution in [0.4, 0.5) is 5.69 Å². The molecule has 1 rings (SSSR count). The number of esters is 1. The van der Waals surface area contributed by atoms with Crippen molar-refractivity contribution in [1.82, 2.24) is 4.90 Å². The Morgan fingerprint density at radius 3 is 2.57 bits per heavy atom. The van der Waals surface area contributed by atoms with Gasteiger partial charge in [-0.1, -0.05) is 12.1 Å². The largest absolute Gasteiger partial charge is 0.468 e. The van der Waals surface area contributed by atoms with E-state index in [1.807, 2.05) is 0 Å². The molecular weight excluding hydrogens is 276 g/mol. The molecule has 1 aromatic carbocycles. The summed E-state index contributed by atoms with van der Waals surface area (Å²) >= 11 is 0. The van der Waals surface area contributed by atoms with Crippen LogP contribution in [0.3, 0.4) is 0 Å². The van der Waals surface area contributed by atoms with E-state index >= 15 is 0 Å². The fourth-order valence-corrected chi connectivity index (χ4v) is 1.82. The van der Waals surface area contributed by atoms with Gasteiger partial charge in [-0.15, -0.1) is 0 Å². The summed E-state index contributed by atoms with van der Waals surface area (Å²) in [4.78, 5) is 35.1. The van der Waals surface area contributed by atoms with Crippen molar-refractivity contribution in [3.8, 4) is 0 Å². The van der Waals surface area contributed by atoms with E-state index < -0.39 is 10.9 Å². The Morgan fingerprint density at radius 2 is 2.05 bits per heavy atom. The van der Waals surface area contributed by atoms with Crippen molar-refractivity contribution in [2.24, 2.45) is 0 Å². The van der Waals surface area contributed by atoms with Crippen LogP contribution in [0, 0.1) is 10.1 Å². The first-order valence-electron chi connectivity index (χ1n) is 6.44. The zero-order valence-electron chi connectivity index (χ0n) is 12.2. The Labute approximate surface area is 122 Å². The van der Waals surface area contributed by atoms with Crippen molar-refractivity contribution in [2.75, 3.05) is 13.7 Å². The summed E-state index contributed by atoms with van der Waals surface area (Å²) in [5, 5.41) is 10.7. The lowest BCUT2D eigenvalue weighted by Gasteiger charge is -2.25. The lowest BCUT2D eigenvalue weighted by molar-refractivity contribution is -0.384. The smallest absolute Gasteiger partial charge is 0.325 e. The highest BCUT2D eigenvalue weighted by Crippen LogP contribution is 2.14. The van der Waals surface area contributed by atoms with E-state index in [0.29, 0.717) is 5.56 Å². The Morgan fingerprint density at radius 1 is 1.38 bits per heavy atom. The van der Waals surface area contributed by atoms with Crippen LogP contribution < -0.4 is 0 Å². The van der Waals surface area contributed by atoms with Crippen molar-refractivity contribution in [1.29, 1.82) is 0 Å². The molecule has 7 heteroatoms. The normalized spacial score (nSPS) is 10.3. The van der Waals surface area contributed by atoms with Crippen molar-refractivity contribution in [3.63, 3.8) is 0 Å². The van der Waals surface area contributed by atoms with E-state index in [2.05, 4.69) is 4.74 Å². The molecule has 7 nitrogen and oxygen atoms in total. The Balaban J connectivity index is 2.84. The van der Waals surface area contributed by atoms with Gasteiger partial charge in [-0.05, 0) is 19.4 Å². The number of non-ortho nitro benzene ring substituents is 1. The molecule has 0 saturated heterocycles. The van der Waals surface area contributed by atoms with Crippen molar-refractivity contribution >= 4 is 17.6 Å². The molecule has 0 aliphatic heterocycles. The molecule has 0 aromatic heterocycles. The quantitative estimate of drug-likeness (QED) is 0.451. The SMILES string of the molecule is COC(=O)CN(C(=O)Cc1cccc([N+](=O)[O-])c1)C(C)C. The Hall–Kier alpha value is -2.44. The molecule has 0 aliphatic carbocycles. The van der Waals surface area contributed by atoms with Crippen LogP contribution in [0.5, 0.6) is 0 Å². The number of nitro groups is 1. The van der Waals surface area contributed by atoms with Gasteiger partial charge < -0.3 is 9.64 Å². The van der Waals surface area contributed by atoms with Gasteiger partial charge in [0.2, 0.25) is 5.91 Å². The van der Waals surface area contributed by atoms with E-state index in [1.54, 1.807) is 19.9 Å². The van der Waals surface area contributed by atoms with Crippen LogP contribution >= 0.6 is 0 Å². The summed E-state index contributed by atoms with van der Waals surface area (Å²) in [6.45, 7) is 3.44. The maximum absolute atomic E-state index is 12.2. The van der Waals surface area contributed by atoms with Gasteiger partial charge in [0.15, 0.2) is 0 Å². The number of nitro benzene ring substituents is 1. The maximum atomic E-state index is 12.2. The maximum Gasteiger partial charge on any atom is 0.325 e. The molecule has 0 radical (unpaired) electrons. The van der Waals surface area contributed by atoms with Crippen LogP contribution in [0.2, 0.25) is 0 Å². The minimum atomic E-state index is -0.511. The highest BCUT2D eigenvalue weighted by molar-refractivity contribution is 5.83. The molecule has 0 fully saturated rings. The number of amides is 1. The summed E-state index contributed by atoms with van der Waals surface area (Å²) in [7, 11) is 1.26. The van der Waals surface area contributed by atoms with Crippen LogP contribution in [0.15, 0.2) is 24.3 Å². The predicted molar refractivity (Wildman–Crippen MR) is 75.7 cm³/mol. The zero-order chi connectivity index (χ0) is 16.0. The summed E-state index contributed by atoms with van der Waals surface area (Å²) in [5.41, 5.74) is 0.467. The van der Waals surface area contributed by atoms with Gasteiger partial charge in [-0.25, -0.2) is 0 Å². The Kier molecular flexibility index (Phi) is 5.83. The summed E-state index contributed by atoms with van der Waals surface area (Å²) < 4.78 is 4.56. The van der Waals surface area contributed by atoms with E-state index in [0.717, 1.165) is 0 Å². The molecule has 1 amide bonds. The molecule has 0 atom stereocenters. The lowest BCUT2D eigenvalue weighted by atomic mass is 10.1. The second-order valence-electron chi connectivity index (χ2n) is 4.80. The fourth-order valence-electron chi connectivity index (χ4n) is 1.82. The number of benzene rings is 1. The highest BCUT2D eigenvalue weighted by atomic mass is 16.6. The van der Waals surface area contributed by atoms with Gasteiger partial charge in [0.1, 0.15) is 6.54 Å². The van der Waals surface area contributed by atoms with Gasteiger partial charge in [0.05, 0.1) is 18.5 Å². The van der Waals surface area contributed by atoms with Crippen LogP contribution in [0.25, 0.3) is 0 Å². The van der Waals surface area contributed by atoms with Gasteiger partial charge in [0, 0.05) is 18.2 Å². The molecule has 0 heterocycles. The topological polar surface area (TPSA) is 89.8 Å². The second-order valence-corrected chi connectivity index (χ2v) is 4.80. The molecule has 0 saturated carbocycles. The van der Waals surface area contributed by atoms with Gasteiger partial charge in [0.25, 0.3) is 5.69 Å². The number of methoxy groups -OCH3 is 1. The van der Waals surface area contributed by atoms with E-state index in [4.69, 9.17) is 0 Å². The number of carbonyl (C=O) groups excluding carboxylic acids is 2. The van der Waals surface area contributed by atoms with Gasteiger partial charge in [-0.3, -0.25) is 19.7 Å². The van der Waals surface area contributed by atoms with Crippen LogP contribution in [-0.2, 0) is 20.7 Å². The molecule has 0 spiro atoms. The average molecular weight is 294 g/mol. The predicted octanol–water partition coefficient (Wildman–Crippen LogP) is 1.55. The zero-order valence-corrected chi connectivity index (χ0v) is 12.2. The van der Waals surface area contributed by atoms with E-state index in [9.17, 15) is 19.7 Å². The number of ether oxygens (including phenoxy) is 1. The van der Waals surface area contributed by atoms with Crippen LogP contribution in [-0.4, -0.2) is 41.4 Å². The van der Waals surface area contributed by atoms with Gasteiger partial charge >= 0.3 is 5.97 Å². The fraction of sp³-hybridized carbons (Fsp3) is 0.429. The summed E-state index contributed by atoms with van der Waals surface area (Å²) in [6, 6.07) is 5.72. The standard InChI is InChI=1S/C14H18N2O5/c1-10(2)15(9-14(18)21-3)13(17)8-11-5-4-6-12(7-11)16(19)20/h4-7,10H,8-9H2,1-3H3. The minimum absolute atomic E-state index is 0.00312. The number of carbonyl (C=O) groups is 2. The number of rotatable bonds is 6. The summed E-state index contributed by atoms with van der Waals surface area (Å²) in [5.74, 6) is -0.785. The third-order valence-corrected chi connectivity index (χ3v) is 2.95. The molecule has 0 N–H and O–H groups in total. The average Bonchev–Trinajstić information content (AvgIpc) is 2.44. The monoisotopic (exact) mass is 294 g/mol. The molecule has 0 bridgehead atoms. The molecular formula is C14H18N2O5. The second kappa shape index (κ2) is 7.37. The van der Waals surface area contributed by atoms with Crippen LogP contribution in [0.1, 0.15) is 19.4 Å². The minimum Gasteiger partial charge on any atom is -0.468 e. The molecule has 1 aromatic rings. The molecule has 21 heavy (non-hydrogen) atoms. The van der Waals surface area contributed by atoms with Crippen molar-refractivity contribution in [3.05, 3.63) is 39.9 Å². The number of nitrogens with zero attached hydrogens (tertiary/aromatic N) is 2. The first-order chi connectivity index (χ1) is 9.85. The Bertz CT molecular complexity index is 542. The first kappa shape index (κ1) is 16.6. The first-order valence-corrected chi connectivity index (χ1v) is 6.44. The molecule has 0 unspecified atom stereocenters. The number of hydrogen-bond acceptors (Lipinski definition) is 5. The third kappa shape index (κ3) is 4.87. The molecule has 114 valence electrons. The molecule has 0 aliphatic rings. The highest BCUT2D eigenvalue weighted by Gasteiger charge is 2.21. The van der Waals surface area contributed by atoms with E-state index in [1.165, 1.54) is 30.2 Å². The van der Waals surface area contributed by atoms with E-state index in [-0.39, 0.29) is 30.6 Å². The summed E-state index contributed by atoms with van der Waals surface area (Å²) in [6.07, 6.45) is -0.00312. The van der Waals surface area contributed by atoms with Gasteiger partial charge in [-0.2, -0.15) is 0 Å². The van der Waals surface area contributed by atoms with Crippen molar-refractivity contribution in [2.45, 2.75) is 26.3 Å². The van der Waals surface area contributed by atoms with Crippen molar-refractivity contribution < 1.29 is 19.2 Å². The third-order valence-electron chi connectivity index (χ3n) is 2.95. The number of hydrogen-bond donors (Lipinski definition) is 0. The lowest BCUT2D eigenvalue weighted by Crippen LogP contribution is -2.41.